The number of primary amides is 2. The van der Waals surface area contributed by atoms with Crippen LogP contribution in [0.1, 0.15) is 28.3 Å². The molecular formula is C26H25ClN6O4. The van der Waals surface area contributed by atoms with Crippen LogP contribution in [0, 0.1) is 5.41 Å². The van der Waals surface area contributed by atoms with Crippen LogP contribution in [0.3, 0.4) is 0 Å². The number of carbonyl (C=O) groups excluding carboxylic acids is 3. The predicted molar refractivity (Wildman–Crippen MR) is 139 cm³/mol. The average molecular weight is 521 g/mol. The minimum absolute atomic E-state index is 0. The van der Waals surface area contributed by atoms with Crippen molar-refractivity contribution in [1.82, 2.24) is 20.1 Å². The SMILES string of the molecule is CNC(=O)c1cc2c(Oc3ccc(C4CC4(C(N)=O)C(N)=O)cc3)ccnc2cc1-c1cnn(C)c1.Cl. The fraction of sp³-hybridized carbons (Fsp3) is 0.192. The molecule has 11 heteroatoms. The van der Waals surface area contributed by atoms with Gasteiger partial charge in [-0.25, -0.2) is 0 Å². The number of halogens is 1. The monoisotopic (exact) mass is 520 g/mol. The lowest BCUT2D eigenvalue weighted by Crippen LogP contribution is -2.38. The highest BCUT2D eigenvalue weighted by atomic mass is 35.5. The highest BCUT2D eigenvalue weighted by Gasteiger charge is 2.64. The Morgan fingerprint density at radius 2 is 1.81 bits per heavy atom. The van der Waals surface area contributed by atoms with Crippen LogP contribution in [0.4, 0.5) is 0 Å². The molecule has 0 radical (unpaired) electrons. The van der Waals surface area contributed by atoms with Crippen molar-refractivity contribution in [1.29, 1.82) is 0 Å². The van der Waals surface area contributed by atoms with Gasteiger partial charge in [0.15, 0.2) is 0 Å². The maximum absolute atomic E-state index is 12.7. The Kier molecular flexibility index (Phi) is 6.62. The summed E-state index contributed by atoms with van der Waals surface area (Å²) in [6.45, 7) is 0. The molecule has 1 fully saturated rings. The van der Waals surface area contributed by atoms with Crippen molar-refractivity contribution < 1.29 is 19.1 Å². The van der Waals surface area contributed by atoms with Crippen LogP contribution >= 0.6 is 12.4 Å². The van der Waals surface area contributed by atoms with Gasteiger partial charge < -0.3 is 21.5 Å². The third-order valence-electron chi connectivity index (χ3n) is 6.68. The second-order valence-electron chi connectivity index (χ2n) is 8.83. The minimum atomic E-state index is -1.33. The number of carbonyl (C=O) groups is 3. The van der Waals surface area contributed by atoms with E-state index in [1.165, 1.54) is 0 Å². The Hall–Kier alpha value is -4.44. The number of fused-ring (bicyclic) bond motifs is 1. The molecule has 1 unspecified atom stereocenters. The molecule has 190 valence electrons. The third-order valence-corrected chi connectivity index (χ3v) is 6.68. The van der Waals surface area contributed by atoms with Gasteiger partial charge in [-0.15, -0.1) is 12.4 Å². The second-order valence-corrected chi connectivity index (χ2v) is 8.83. The molecule has 2 heterocycles. The van der Waals surface area contributed by atoms with E-state index in [2.05, 4.69) is 15.4 Å². The zero-order valence-corrected chi connectivity index (χ0v) is 20.9. The van der Waals surface area contributed by atoms with E-state index in [9.17, 15) is 14.4 Å². The number of hydrogen-bond donors (Lipinski definition) is 3. The first-order chi connectivity index (χ1) is 17.2. The third kappa shape index (κ3) is 4.36. The van der Waals surface area contributed by atoms with Gasteiger partial charge in [0.1, 0.15) is 16.9 Å². The molecule has 5 N–H and O–H groups in total. The van der Waals surface area contributed by atoms with Gasteiger partial charge in [-0.3, -0.25) is 24.0 Å². The molecule has 0 saturated heterocycles. The minimum Gasteiger partial charge on any atom is -0.457 e. The molecule has 4 aromatic rings. The summed E-state index contributed by atoms with van der Waals surface area (Å²) in [4.78, 5) is 40.8. The molecule has 3 amide bonds. The molecule has 2 aromatic carbocycles. The number of amides is 3. The van der Waals surface area contributed by atoms with Gasteiger partial charge in [-0.1, -0.05) is 12.1 Å². The molecule has 37 heavy (non-hydrogen) atoms. The number of rotatable bonds is 7. The molecule has 2 aromatic heterocycles. The van der Waals surface area contributed by atoms with Crippen molar-refractivity contribution in [3.05, 3.63) is 72.2 Å². The van der Waals surface area contributed by atoms with Crippen LogP contribution in [-0.2, 0) is 16.6 Å². The van der Waals surface area contributed by atoms with Crippen LogP contribution in [-0.4, -0.2) is 39.5 Å². The molecule has 0 spiro atoms. The number of nitrogens with zero attached hydrogens (tertiary/aromatic N) is 3. The van der Waals surface area contributed by atoms with Gasteiger partial charge in [0, 0.05) is 48.9 Å². The van der Waals surface area contributed by atoms with Crippen molar-refractivity contribution >= 4 is 41.0 Å². The quantitative estimate of drug-likeness (QED) is 0.318. The van der Waals surface area contributed by atoms with Crippen molar-refractivity contribution in [2.24, 2.45) is 23.9 Å². The zero-order valence-electron chi connectivity index (χ0n) is 20.1. The van der Waals surface area contributed by atoms with E-state index in [-0.39, 0.29) is 24.2 Å². The van der Waals surface area contributed by atoms with E-state index in [0.29, 0.717) is 39.9 Å². The van der Waals surface area contributed by atoms with Crippen molar-refractivity contribution in [2.45, 2.75) is 12.3 Å². The standard InChI is InChI=1S/C26H24N6O4.ClH/c1-29-23(33)18-9-19-21(10-17(18)15-12-31-32(2)13-15)30-8-7-22(19)36-16-5-3-14(4-6-16)20-11-26(20,24(27)34)25(28)35;/h3-10,12-13,20H,11H2,1-2H3,(H2,27,34)(H2,28,35)(H,29,33);1H. The average Bonchev–Trinajstić information content (AvgIpc) is 3.51. The Labute approximate surface area is 218 Å². The Morgan fingerprint density at radius 3 is 2.38 bits per heavy atom. The molecule has 0 aliphatic heterocycles. The number of nitrogens with one attached hydrogen (secondary N) is 1. The lowest BCUT2D eigenvalue weighted by atomic mass is 9.97. The molecule has 1 aliphatic carbocycles. The van der Waals surface area contributed by atoms with E-state index in [1.54, 1.807) is 60.5 Å². The van der Waals surface area contributed by atoms with Gasteiger partial charge in [0.25, 0.3) is 5.91 Å². The smallest absolute Gasteiger partial charge is 0.251 e. The van der Waals surface area contributed by atoms with Gasteiger partial charge >= 0.3 is 0 Å². The highest BCUT2D eigenvalue weighted by molar-refractivity contribution is 6.08. The van der Waals surface area contributed by atoms with Gasteiger partial charge in [0.05, 0.1) is 11.7 Å². The lowest BCUT2D eigenvalue weighted by Gasteiger charge is -2.13. The molecule has 0 bridgehead atoms. The fourth-order valence-electron chi connectivity index (χ4n) is 4.60. The topological polar surface area (TPSA) is 155 Å². The first-order valence-corrected chi connectivity index (χ1v) is 11.3. The van der Waals surface area contributed by atoms with Crippen molar-refractivity contribution in [2.75, 3.05) is 7.05 Å². The lowest BCUT2D eigenvalue weighted by molar-refractivity contribution is -0.133. The van der Waals surface area contributed by atoms with E-state index in [1.807, 2.05) is 19.3 Å². The molecule has 10 nitrogen and oxygen atoms in total. The molecular weight excluding hydrogens is 496 g/mol. The van der Waals surface area contributed by atoms with Crippen molar-refractivity contribution in [3.63, 3.8) is 0 Å². The van der Waals surface area contributed by atoms with Crippen LogP contribution in [0.2, 0.25) is 0 Å². The number of nitrogens with two attached hydrogens (primary N) is 2. The summed E-state index contributed by atoms with van der Waals surface area (Å²) in [6, 6.07) is 12.4. The Balaban J connectivity index is 0.00000320. The number of ether oxygens (including phenoxy) is 1. The summed E-state index contributed by atoms with van der Waals surface area (Å²) in [5, 5.41) is 7.56. The van der Waals surface area contributed by atoms with Gasteiger partial charge in [0.2, 0.25) is 11.8 Å². The first kappa shape index (κ1) is 25.6. The molecule has 5 rings (SSSR count). The number of benzene rings is 2. The second kappa shape index (κ2) is 9.55. The maximum Gasteiger partial charge on any atom is 0.251 e. The van der Waals surface area contributed by atoms with Crippen LogP contribution in [0.15, 0.2) is 61.1 Å². The highest BCUT2D eigenvalue weighted by Crippen LogP contribution is 2.59. The molecule has 1 atom stereocenters. The van der Waals surface area contributed by atoms with Crippen LogP contribution in [0.25, 0.3) is 22.0 Å². The van der Waals surface area contributed by atoms with Crippen LogP contribution < -0.4 is 21.5 Å². The van der Waals surface area contributed by atoms with Gasteiger partial charge in [-0.2, -0.15) is 5.10 Å². The first-order valence-electron chi connectivity index (χ1n) is 11.3. The Bertz CT molecular complexity index is 1520. The molecule has 1 aliphatic rings. The fourth-order valence-corrected chi connectivity index (χ4v) is 4.60. The zero-order chi connectivity index (χ0) is 25.6. The van der Waals surface area contributed by atoms with Crippen LogP contribution in [0.5, 0.6) is 11.5 Å². The number of aryl methyl sites for hydroxylation is 1. The normalized spacial score (nSPS) is 15.5. The predicted octanol–water partition coefficient (Wildman–Crippen LogP) is 2.65. The molecule has 1 saturated carbocycles. The van der Waals surface area contributed by atoms with E-state index < -0.39 is 17.2 Å². The number of pyridine rings is 1. The number of hydrogen-bond acceptors (Lipinski definition) is 6. The summed E-state index contributed by atoms with van der Waals surface area (Å²) in [5.41, 5.74) is 12.9. The van der Waals surface area contributed by atoms with Crippen molar-refractivity contribution in [3.8, 4) is 22.6 Å². The summed E-state index contributed by atoms with van der Waals surface area (Å²) < 4.78 is 7.81. The number of aromatic nitrogens is 3. The van der Waals surface area contributed by atoms with Gasteiger partial charge in [-0.05, 0) is 47.9 Å². The summed E-state index contributed by atoms with van der Waals surface area (Å²) >= 11 is 0. The summed E-state index contributed by atoms with van der Waals surface area (Å²) in [5.74, 6) is -0.947. The van der Waals surface area contributed by atoms with E-state index in [0.717, 1.165) is 11.1 Å². The summed E-state index contributed by atoms with van der Waals surface area (Å²) in [6.07, 6.45) is 5.46. The maximum atomic E-state index is 12.7. The largest absolute Gasteiger partial charge is 0.457 e. The Morgan fingerprint density at radius 1 is 1.11 bits per heavy atom. The van der Waals surface area contributed by atoms with E-state index >= 15 is 0 Å². The van der Waals surface area contributed by atoms with E-state index in [4.69, 9.17) is 16.2 Å². The summed E-state index contributed by atoms with van der Waals surface area (Å²) in [7, 11) is 3.39.